The van der Waals surface area contributed by atoms with Gasteiger partial charge < -0.3 is 9.67 Å². The molecule has 1 aromatic carbocycles. The minimum Gasteiger partial charge on any atom is -0.478 e. The van der Waals surface area contributed by atoms with Crippen LogP contribution in [0.5, 0.6) is 0 Å². The maximum Gasteiger partial charge on any atom is 0.337 e. The van der Waals surface area contributed by atoms with Gasteiger partial charge in [-0.2, -0.15) is 0 Å². The van der Waals surface area contributed by atoms with Gasteiger partial charge in [0, 0.05) is 23.7 Å². The van der Waals surface area contributed by atoms with Gasteiger partial charge in [-0.15, -0.1) is 0 Å². The van der Waals surface area contributed by atoms with E-state index in [-0.39, 0.29) is 11.3 Å². The van der Waals surface area contributed by atoms with Crippen molar-refractivity contribution in [3.05, 3.63) is 35.0 Å². The number of nitrogens with zero attached hydrogens (tertiary/aromatic N) is 1. The van der Waals surface area contributed by atoms with Gasteiger partial charge in [-0.3, -0.25) is 4.79 Å². The number of carboxylic acid groups (broad SMARTS) is 1. The highest BCUT2D eigenvalue weighted by molar-refractivity contribution is 6.12. The van der Waals surface area contributed by atoms with E-state index in [1.165, 1.54) is 6.92 Å². The van der Waals surface area contributed by atoms with Gasteiger partial charge in [-0.1, -0.05) is 12.1 Å². The summed E-state index contributed by atoms with van der Waals surface area (Å²) >= 11 is 0. The number of Topliss-reactive ketones (excluding diaryl/α,β-unsaturated/α-hetero) is 1. The number of aromatic carboxylic acids is 1. The number of para-hydroxylation sites is 1. The Morgan fingerprint density at radius 3 is 2.47 bits per heavy atom. The first kappa shape index (κ1) is 11.4. The average molecular weight is 231 g/mol. The number of aryl methyl sites for hydroxylation is 1. The van der Waals surface area contributed by atoms with Gasteiger partial charge in [-0.05, 0) is 19.9 Å². The quantitative estimate of drug-likeness (QED) is 0.807. The lowest BCUT2D eigenvalue weighted by Gasteiger charge is -2.02. The van der Waals surface area contributed by atoms with E-state index in [9.17, 15) is 9.59 Å². The van der Waals surface area contributed by atoms with E-state index in [0.29, 0.717) is 16.5 Å². The molecule has 17 heavy (non-hydrogen) atoms. The smallest absolute Gasteiger partial charge is 0.337 e. The molecule has 2 aromatic rings. The fraction of sp³-hybridized carbons (Fsp3) is 0.231. The Morgan fingerprint density at radius 1 is 1.29 bits per heavy atom. The number of ketones is 1. The van der Waals surface area contributed by atoms with Crippen LogP contribution in [0.15, 0.2) is 18.2 Å². The minimum absolute atomic E-state index is 0.0457. The lowest BCUT2D eigenvalue weighted by atomic mass is 10.1. The van der Waals surface area contributed by atoms with E-state index >= 15 is 0 Å². The van der Waals surface area contributed by atoms with E-state index in [1.807, 2.05) is 6.92 Å². The van der Waals surface area contributed by atoms with E-state index in [0.717, 1.165) is 5.69 Å². The number of hydrogen-bond donors (Lipinski definition) is 1. The average Bonchev–Trinajstić information content (AvgIpc) is 2.51. The van der Waals surface area contributed by atoms with Crippen LogP contribution in [0.2, 0.25) is 0 Å². The van der Waals surface area contributed by atoms with Crippen LogP contribution in [0.3, 0.4) is 0 Å². The number of benzene rings is 1. The highest BCUT2D eigenvalue weighted by Crippen LogP contribution is 2.28. The van der Waals surface area contributed by atoms with Crippen LogP contribution < -0.4 is 0 Å². The number of aromatic nitrogens is 1. The summed E-state index contributed by atoms with van der Waals surface area (Å²) in [6.07, 6.45) is 0. The SMILES string of the molecule is CC(=O)c1c(C)n(C)c2c(C(=O)O)cccc12. The lowest BCUT2D eigenvalue weighted by molar-refractivity contribution is 0.0698. The number of carbonyl (C=O) groups excluding carboxylic acids is 1. The van der Waals surface area contributed by atoms with Crippen molar-refractivity contribution in [2.75, 3.05) is 0 Å². The number of carbonyl (C=O) groups is 2. The van der Waals surface area contributed by atoms with Crippen molar-refractivity contribution in [1.82, 2.24) is 4.57 Å². The summed E-state index contributed by atoms with van der Waals surface area (Å²) in [7, 11) is 1.77. The van der Waals surface area contributed by atoms with Crippen LogP contribution in [0.25, 0.3) is 10.9 Å². The number of fused-ring (bicyclic) bond motifs is 1. The molecular formula is C13H13NO3. The van der Waals surface area contributed by atoms with Crippen molar-refractivity contribution < 1.29 is 14.7 Å². The second-order valence-electron chi connectivity index (χ2n) is 4.08. The van der Waals surface area contributed by atoms with Crippen molar-refractivity contribution in [2.45, 2.75) is 13.8 Å². The van der Waals surface area contributed by atoms with Crippen LogP contribution in [-0.2, 0) is 7.05 Å². The van der Waals surface area contributed by atoms with Crippen LogP contribution >= 0.6 is 0 Å². The third-order valence-electron chi connectivity index (χ3n) is 3.09. The molecule has 0 amide bonds. The van der Waals surface area contributed by atoms with Gasteiger partial charge >= 0.3 is 5.97 Å². The minimum atomic E-state index is -0.980. The zero-order valence-corrected chi connectivity index (χ0v) is 9.94. The summed E-state index contributed by atoms with van der Waals surface area (Å²) in [6, 6.07) is 5.00. The second-order valence-corrected chi connectivity index (χ2v) is 4.08. The monoisotopic (exact) mass is 231 g/mol. The van der Waals surface area contributed by atoms with Gasteiger partial charge in [0.1, 0.15) is 0 Å². The summed E-state index contributed by atoms with van der Waals surface area (Å²) in [5.74, 6) is -1.03. The zero-order chi connectivity index (χ0) is 12.7. The first-order valence-corrected chi connectivity index (χ1v) is 5.27. The molecule has 1 N–H and O–H groups in total. The Hall–Kier alpha value is -2.10. The summed E-state index contributed by atoms with van der Waals surface area (Å²) < 4.78 is 1.76. The molecule has 0 spiro atoms. The first-order chi connectivity index (χ1) is 7.95. The maximum absolute atomic E-state index is 11.6. The van der Waals surface area contributed by atoms with E-state index in [1.54, 1.807) is 29.8 Å². The van der Waals surface area contributed by atoms with Crippen molar-refractivity contribution >= 4 is 22.7 Å². The molecule has 0 atom stereocenters. The molecule has 0 aliphatic rings. The molecule has 0 unspecified atom stereocenters. The fourth-order valence-corrected chi connectivity index (χ4v) is 2.25. The van der Waals surface area contributed by atoms with Gasteiger partial charge in [0.25, 0.3) is 0 Å². The van der Waals surface area contributed by atoms with Crippen LogP contribution in [0.1, 0.15) is 33.3 Å². The van der Waals surface area contributed by atoms with Gasteiger partial charge in [0.15, 0.2) is 5.78 Å². The highest BCUT2D eigenvalue weighted by Gasteiger charge is 2.19. The Morgan fingerprint density at radius 2 is 1.94 bits per heavy atom. The van der Waals surface area contributed by atoms with Gasteiger partial charge in [-0.25, -0.2) is 4.79 Å². The molecule has 0 saturated carbocycles. The predicted octanol–water partition coefficient (Wildman–Crippen LogP) is 2.39. The zero-order valence-electron chi connectivity index (χ0n) is 9.94. The van der Waals surface area contributed by atoms with Crippen molar-refractivity contribution in [3.63, 3.8) is 0 Å². The van der Waals surface area contributed by atoms with Crippen molar-refractivity contribution in [3.8, 4) is 0 Å². The summed E-state index contributed by atoms with van der Waals surface area (Å²) in [5, 5.41) is 9.85. The Kier molecular flexibility index (Phi) is 2.50. The molecule has 2 rings (SSSR count). The Bertz CT molecular complexity index is 638. The molecule has 4 nitrogen and oxygen atoms in total. The standard InChI is InChI=1S/C13H13NO3/c1-7-11(8(2)15)9-5-4-6-10(13(16)17)12(9)14(7)3/h4-6H,1-3H3,(H,16,17). The number of rotatable bonds is 2. The van der Waals surface area contributed by atoms with E-state index < -0.39 is 5.97 Å². The van der Waals surface area contributed by atoms with E-state index in [4.69, 9.17) is 5.11 Å². The second kappa shape index (κ2) is 3.73. The normalized spacial score (nSPS) is 10.8. The van der Waals surface area contributed by atoms with E-state index in [2.05, 4.69) is 0 Å². The third kappa shape index (κ3) is 1.53. The molecule has 0 saturated heterocycles. The number of carboxylic acids is 1. The topological polar surface area (TPSA) is 59.3 Å². The molecular weight excluding hydrogens is 218 g/mol. The van der Waals surface area contributed by atoms with Crippen molar-refractivity contribution in [1.29, 1.82) is 0 Å². The molecule has 88 valence electrons. The predicted molar refractivity (Wildman–Crippen MR) is 64.6 cm³/mol. The van der Waals surface area contributed by atoms with Crippen LogP contribution in [0, 0.1) is 6.92 Å². The molecule has 0 bridgehead atoms. The molecule has 1 heterocycles. The molecule has 0 fully saturated rings. The molecule has 0 aliphatic heterocycles. The van der Waals surface area contributed by atoms with Crippen molar-refractivity contribution in [2.24, 2.45) is 7.05 Å². The van der Waals surface area contributed by atoms with Crippen LogP contribution in [-0.4, -0.2) is 21.4 Å². The molecule has 0 aliphatic carbocycles. The Balaban J connectivity index is 2.99. The Labute approximate surface area is 98.5 Å². The molecule has 1 aromatic heterocycles. The summed E-state index contributed by atoms with van der Waals surface area (Å²) in [4.78, 5) is 22.8. The summed E-state index contributed by atoms with van der Waals surface area (Å²) in [5.41, 5.74) is 2.22. The highest BCUT2D eigenvalue weighted by atomic mass is 16.4. The number of hydrogen-bond acceptors (Lipinski definition) is 2. The van der Waals surface area contributed by atoms with Gasteiger partial charge in [0.2, 0.25) is 0 Å². The fourth-order valence-electron chi connectivity index (χ4n) is 2.25. The van der Waals surface area contributed by atoms with Crippen LogP contribution in [0.4, 0.5) is 0 Å². The molecule has 4 heteroatoms. The maximum atomic E-state index is 11.6. The molecule has 0 radical (unpaired) electrons. The first-order valence-electron chi connectivity index (χ1n) is 5.27. The largest absolute Gasteiger partial charge is 0.478 e. The van der Waals surface area contributed by atoms with Gasteiger partial charge in [0.05, 0.1) is 11.1 Å². The lowest BCUT2D eigenvalue weighted by Crippen LogP contribution is -2.01. The third-order valence-corrected chi connectivity index (χ3v) is 3.09. The summed E-state index contributed by atoms with van der Waals surface area (Å²) in [6.45, 7) is 3.32.